The van der Waals surface area contributed by atoms with Crippen molar-refractivity contribution in [1.29, 1.82) is 0 Å². The number of rotatable bonds is 5. The van der Waals surface area contributed by atoms with Gasteiger partial charge in [-0.15, -0.1) is 0 Å². The van der Waals surface area contributed by atoms with Gasteiger partial charge < -0.3 is 9.13 Å². The van der Waals surface area contributed by atoms with E-state index in [1.54, 1.807) is 0 Å². The van der Waals surface area contributed by atoms with Gasteiger partial charge in [-0.3, -0.25) is 0 Å². The summed E-state index contributed by atoms with van der Waals surface area (Å²) in [5.74, 6) is 0.232. The summed E-state index contributed by atoms with van der Waals surface area (Å²) >= 11 is 0. The predicted octanol–water partition coefficient (Wildman–Crippen LogP) is 14.4. The minimum absolute atomic E-state index is 0.232. The van der Waals surface area contributed by atoms with Crippen LogP contribution in [-0.2, 0) is 0 Å². The normalized spacial score (nSPS) is 13.4. The van der Waals surface area contributed by atoms with E-state index in [1.165, 1.54) is 99.4 Å². The summed E-state index contributed by atoms with van der Waals surface area (Å²) in [6.07, 6.45) is 0. The molecule has 0 fully saturated rings. The van der Waals surface area contributed by atoms with Crippen LogP contribution in [0.5, 0.6) is 0 Å². The lowest BCUT2D eigenvalue weighted by Crippen LogP contribution is -1.99. The lowest BCUT2D eigenvalue weighted by atomic mass is 9.89. The zero-order chi connectivity index (χ0) is 37.5. The third-order valence-electron chi connectivity index (χ3n) is 12.2. The molecule has 0 spiro atoms. The zero-order valence-corrected chi connectivity index (χ0v) is 31.2. The van der Waals surface area contributed by atoms with Gasteiger partial charge >= 0.3 is 0 Å². The van der Waals surface area contributed by atoms with Gasteiger partial charge in [0.15, 0.2) is 0 Å². The topological polar surface area (TPSA) is 9.86 Å². The Labute approximate surface area is 331 Å². The minimum atomic E-state index is 0.232. The predicted molar refractivity (Wildman–Crippen MR) is 239 cm³/mol. The fraction of sp³-hybridized carbons (Fsp3) is 0.0182. The highest BCUT2D eigenvalue weighted by Crippen LogP contribution is 2.49. The van der Waals surface area contributed by atoms with E-state index >= 15 is 0 Å². The number of hydrogen-bond donors (Lipinski definition) is 0. The molecule has 266 valence electrons. The molecule has 2 heteroatoms. The molecule has 0 saturated heterocycles. The first-order chi connectivity index (χ1) is 28.3. The van der Waals surface area contributed by atoms with Gasteiger partial charge in [-0.2, -0.15) is 0 Å². The van der Waals surface area contributed by atoms with E-state index in [-0.39, 0.29) is 5.92 Å². The van der Waals surface area contributed by atoms with Crippen LogP contribution >= 0.6 is 0 Å². The van der Waals surface area contributed by atoms with Crippen LogP contribution in [0.3, 0.4) is 0 Å². The van der Waals surface area contributed by atoms with Crippen LogP contribution in [0.25, 0.3) is 88.4 Å². The summed E-state index contributed by atoms with van der Waals surface area (Å²) in [4.78, 5) is 0. The average molecular weight is 725 g/mol. The maximum Gasteiger partial charge on any atom is 0.0541 e. The van der Waals surface area contributed by atoms with Crippen LogP contribution in [0.15, 0.2) is 212 Å². The molecule has 0 amide bonds. The van der Waals surface area contributed by atoms with Gasteiger partial charge in [0.1, 0.15) is 0 Å². The Morgan fingerprint density at radius 2 is 0.860 bits per heavy atom. The molecule has 12 rings (SSSR count). The van der Waals surface area contributed by atoms with Crippen molar-refractivity contribution in [3.63, 3.8) is 0 Å². The van der Waals surface area contributed by atoms with Crippen molar-refractivity contribution in [2.24, 2.45) is 0 Å². The van der Waals surface area contributed by atoms with Crippen molar-refractivity contribution < 1.29 is 0 Å². The summed E-state index contributed by atoms with van der Waals surface area (Å²) in [7, 11) is 0. The Bertz CT molecular complexity index is 3310. The van der Waals surface area contributed by atoms with Crippen LogP contribution in [0, 0.1) is 0 Å². The number of hydrogen-bond acceptors (Lipinski definition) is 0. The first kappa shape index (κ1) is 31.9. The van der Waals surface area contributed by atoms with Gasteiger partial charge in [-0.1, -0.05) is 158 Å². The van der Waals surface area contributed by atoms with Crippen molar-refractivity contribution in [2.45, 2.75) is 5.92 Å². The Morgan fingerprint density at radius 1 is 0.298 bits per heavy atom. The molecule has 2 nitrogen and oxygen atoms in total. The first-order valence-corrected chi connectivity index (χ1v) is 19.8. The Hall–Kier alpha value is -7.42. The maximum atomic E-state index is 2.46. The molecule has 57 heavy (non-hydrogen) atoms. The van der Waals surface area contributed by atoms with Crippen LogP contribution in [0.2, 0.25) is 0 Å². The highest BCUT2D eigenvalue weighted by molar-refractivity contribution is 6.11. The van der Waals surface area contributed by atoms with E-state index < -0.39 is 0 Å². The van der Waals surface area contributed by atoms with E-state index in [1.807, 2.05) is 0 Å². The molecule has 0 bridgehead atoms. The molecule has 2 heterocycles. The summed E-state index contributed by atoms with van der Waals surface area (Å²) < 4.78 is 4.86. The van der Waals surface area contributed by atoms with E-state index in [0.29, 0.717) is 0 Å². The number of nitrogens with zero attached hydrogens (tertiary/aromatic N) is 2. The molecule has 0 saturated carbocycles. The fourth-order valence-corrected chi connectivity index (χ4v) is 9.72. The Balaban J connectivity index is 0.999. The first-order valence-electron chi connectivity index (χ1n) is 19.8. The van der Waals surface area contributed by atoms with Gasteiger partial charge in [0.2, 0.25) is 0 Å². The molecule has 2 aromatic heterocycles. The van der Waals surface area contributed by atoms with Crippen molar-refractivity contribution in [3.8, 4) is 44.8 Å². The van der Waals surface area contributed by atoms with E-state index in [9.17, 15) is 0 Å². The third-order valence-corrected chi connectivity index (χ3v) is 12.2. The van der Waals surface area contributed by atoms with Crippen LogP contribution in [-0.4, -0.2) is 9.13 Å². The van der Waals surface area contributed by atoms with Crippen molar-refractivity contribution >= 4 is 43.6 Å². The van der Waals surface area contributed by atoms with Crippen molar-refractivity contribution in [3.05, 3.63) is 229 Å². The molecule has 1 unspecified atom stereocenters. The van der Waals surface area contributed by atoms with Crippen LogP contribution in [0.1, 0.15) is 22.6 Å². The summed E-state index contributed by atoms with van der Waals surface area (Å²) in [6.45, 7) is 0. The summed E-state index contributed by atoms with van der Waals surface area (Å²) in [6, 6.07) is 78.1. The minimum Gasteiger partial charge on any atom is -0.309 e. The quantitative estimate of drug-likeness (QED) is 0.167. The molecule has 0 aliphatic heterocycles. The molecule has 0 radical (unpaired) electrons. The number of para-hydroxylation sites is 4. The standard InChI is InChI=1S/C55H36N2/c1-2-15-36(16-3-1)55-46-24-5-4-20-42(46)48-35-39(29-31-47(48)55)41-19-6-10-25-50(41)57-53-28-13-9-23-45(53)49-34-38(30-32-54(49)57)37-17-14-18-40(33-37)56-51-26-11-7-21-43(51)44-22-8-12-27-52(44)56/h1-35,55H. The Kier molecular flexibility index (Phi) is 7.02. The van der Waals surface area contributed by atoms with Crippen molar-refractivity contribution in [2.75, 3.05) is 0 Å². The van der Waals surface area contributed by atoms with E-state index in [4.69, 9.17) is 0 Å². The molecule has 0 N–H and O–H groups in total. The second-order valence-corrected chi connectivity index (χ2v) is 15.3. The molecule has 11 aromatic rings. The van der Waals surface area contributed by atoms with E-state index in [2.05, 4.69) is 221 Å². The average Bonchev–Trinajstić information content (AvgIpc) is 3.92. The second-order valence-electron chi connectivity index (χ2n) is 15.3. The fourth-order valence-electron chi connectivity index (χ4n) is 9.72. The smallest absolute Gasteiger partial charge is 0.0541 e. The van der Waals surface area contributed by atoms with E-state index in [0.717, 1.165) is 5.69 Å². The van der Waals surface area contributed by atoms with Crippen LogP contribution in [0.4, 0.5) is 0 Å². The number of fused-ring (bicyclic) bond motifs is 9. The van der Waals surface area contributed by atoms with Crippen LogP contribution < -0.4 is 0 Å². The van der Waals surface area contributed by atoms with Gasteiger partial charge in [-0.05, 0) is 99.1 Å². The SMILES string of the molecule is c1ccc(C2c3ccccc3-c3cc(-c4ccccc4-n4c5ccccc5c5cc(-c6cccc(-n7c8ccccc8c8ccccc87)c6)ccc54)ccc32)cc1. The van der Waals surface area contributed by atoms with Gasteiger partial charge in [-0.25, -0.2) is 0 Å². The Morgan fingerprint density at radius 3 is 1.63 bits per heavy atom. The van der Waals surface area contributed by atoms with Gasteiger partial charge in [0.05, 0.1) is 27.8 Å². The second kappa shape index (κ2) is 12.6. The van der Waals surface area contributed by atoms with Gasteiger partial charge in [0, 0.05) is 38.7 Å². The summed E-state index contributed by atoms with van der Waals surface area (Å²) in [5, 5.41) is 5.04. The number of benzene rings is 9. The lowest BCUT2D eigenvalue weighted by Gasteiger charge is -2.16. The third kappa shape index (κ3) is 4.84. The molecule has 9 aromatic carbocycles. The molecule has 1 aliphatic rings. The maximum absolute atomic E-state index is 2.46. The number of aromatic nitrogens is 2. The molecule has 1 aliphatic carbocycles. The highest BCUT2D eigenvalue weighted by Gasteiger charge is 2.30. The molecular weight excluding hydrogens is 689 g/mol. The molecule has 1 atom stereocenters. The highest BCUT2D eigenvalue weighted by atomic mass is 15.0. The zero-order valence-electron chi connectivity index (χ0n) is 31.2. The largest absolute Gasteiger partial charge is 0.309 e. The summed E-state index contributed by atoms with van der Waals surface area (Å²) in [5.41, 5.74) is 18.7. The van der Waals surface area contributed by atoms with Gasteiger partial charge in [0.25, 0.3) is 0 Å². The monoisotopic (exact) mass is 724 g/mol. The van der Waals surface area contributed by atoms with Crippen molar-refractivity contribution in [1.82, 2.24) is 9.13 Å². The lowest BCUT2D eigenvalue weighted by molar-refractivity contribution is 1.02. The molecular formula is C55H36N2.